The third-order valence-electron chi connectivity index (χ3n) is 2.34. The lowest BCUT2D eigenvalue weighted by atomic mass is 10.2. The largest absolute Gasteiger partial charge is 0.315 e. The van der Waals surface area contributed by atoms with Crippen LogP contribution in [0.4, 0.5) is 0 Å². The highest BCUT2D eigenvalue weighted by atomic mass is 15.3. The number of aromatic nitrogens is 2. The number of aryl methyl sites for hydroxylation is 1. The van der Waals surface area contributed by atoms with Gasteiger partial charge in [-0.25, -0.2) is 0 Å². The van der Waals surface area contributed by atoms with Gasteiger partial charge in [0.05, 0.1) is 11.7 Å². The van der Waals surface area contributed by atoms with Crippen molar-refractivity contribution in [2.45, 2.75) is 32.9 Å². The van der Waals surface area contributed by atoms with Gasteiger partial charge in [0.25, 0.3) is 0 Å². The molecule has 3 nitrogen and oxygen atoms in total. The van der Waals surface area contributed by atoms with Crippen LogP contribution < -0.4 is 5.32 Å². The number of nitrogens with one attached hydrogen (secondary N) is 1. The Kier molecular flexibility index (Phi) is 2.87. The summed E-state index contributed by atoms with van der Waals surface area (Å²) < 4.78 is 2.00. The standard InChI is InChI=1S/C9H17N3/c1-7-5-6-12(11-7)9(3)8(2)10-4/h5-6,8-10H,1-4H3. The van der Waals surface area contributed by atoms with E-state index in [1.165, 1.54) is 0 Å². The summed E-state index contributed by atoms with van der Waals surface area (Å²) in [4.78, 5) is 0. The van der Waals surface area contributed by atoms with E-state index < -0.39 is 0 Å². The maximum atomic E-state index is 4.36. The lowest BCUT2D eigenvalue weighted by molar-refractivity contribution is 0.383. The molecule has 0 spiro atoms. The Balaban J connectivity index is 2.70. The molecule has 0 saturated carbocycles. The zero-order valence-corrected chi connectivity index (χ0v) is 8.20. The van der Waals surface area contributed by atoms with Crippen molar-refractivity contribution in [1.29, 1.82) is 0 Å². The maximum Gasteiger partial charge on any atom is 0.0641 e. The molecule has 0 saturated heterocycles. The molecule has 0 aromatic carbocycles. The summed E-state index contributed by atoms with van der Waals surface area (Å²) in [5, 5.41) is 7.57. The van der Waals surface area contributed by atoms with Crippen LogP contribution in [0.5, 0.6) is 0 Å². The van der Waals surface area contributed by atoms with Crippen molar-refractivity contribution in [3.05, 3.63) is 18.0 Å². The molecule has 1 aromatic heterocycles. The van der Waals surface area contributed by atoms with E-state index in [2.05, 4.69) is 24.3 Å². The van der Waals surface area contributed by atoms with Crippen molar-refractivity contribution in [2.24, 2.45) is 0 Å². The molecule has 2 unspecified atom stereocenters. The Morgan fingerprint density at radius 2 is 2.17 bits per heavy atom. The first-order valence-electron chi connectivity index (χ1n) is 4.34. The van der Waals surface area contributed by atoms with E-state index in [0.717, 1.165) is 5.69 Å². The topological polar surface area (TPSA) is 29.9 Å². The number of rotatable bonds is 3. The van der Waals surface area contributed by atoms with E-state index in [9.17, 15) is 0 Å². The first-order chi connectivity index (χ1) is 5.65. The predicted octanol–water partition coefficient (Wildman–Crippen LogP) is 1.36. The van der Waals surface area contributed by atoms with Crippen molar-refractivity contribution in [3.63, 3.8) is 0 Å². The van der Waals surface area contributed by atoms with E-state index in [-0.39, 0.29) is 0 Å². The van der Waals surface area contributed by atoms with Gasteiger partial charge < -0.3 is 5.32 Å². The quantitative estimate of drug-likeness (QED) is 0.736. The molecule has 2 atom stereocenters. The highest BCUT2D eigenvalue weighted by molar-refractivity contribution is 4.96. The van der Waals surface area contributed by atoms with Gasteiger partial charge in [-0.15, -0.1) is 0 Å². The SMILES string of the molecule is CNC(C)C(C)n1ccc(C)n1. The van der Waals surface area contributed by atoms with Gasteiger partial charge in [-0.05, 0) is 33.9 Å². The van der Waals surface area contributed by atoms with Crippen LogP contribution in [0, 0.1) is 6.92 Å². The molecule has 0 amide bonds. The molecule has 0 fully saturated rings. The van der Waals surface area contributed by atoms with Crippen molar-refractivity contribution in [3.8, 4) is 0 Å². The Morgan fingerprint density at radius 1 is 1.50 bits per heavy atom. The normalized spacial score (nSPS) is 16.0. The van der Waals surface area contributed by atoms with Crippen LogP contribution in [0.3, 0.4) is 0 Å². The molecule has 1 rings (SSSR count). The van der Waals surface area contributed by atoms with E-state index in [0.29, 0.717) is 12.1 Å². The number of hydrogen-bond donors (Lipinski definition) is 1. The van der Waals surface area contributed by atoms with Gasteiger partial charge in [-0.3, -0.25) is 4.68 Å². The second kappa shape index (κ2) is 3.72. The minimum atomic E-state index is 0.406. The molecule has 0 aliphatic rings. The lowest BCUT2D eigenvalue weighted by Gasteiger charge is -2.19. The monoisotopic (exact) mass is 167 g/mol. The summed E-state index contributed by atoms with van der Waals surface area (Å²) in [5.41, 5.74) is 1.07. The van der Waals surface area contributed by atoms with Crippen LogP contribution in [0.1, 0.15) is 25.6 Å². The molecule has 68 valence electrons. The third-order valence-corrected chi connectivity index (χ3v) is 2.34. The molecule has 12 heavy (non-hydrogen) atoms. The van der Waals surface area contributed by atoms with Crippen LogP contribution >= 0.6 is 0 Å². The highest BCUT2D eigenvalue weighted by Crippen LogP contribution is 2.09. The second-order valence-electron chi connectivity index (χ2n) is 3.26. The predicted molar refractivity (Wildman–Crippen MR) is 50.2 cm³/mol. The fraction of sp³-hybridized carbons (Fsp3) is 0.667. The van der Waals surface area contributed by atoms with Crippen molar-refractivity contribution in [1.82, 2.24) is 15.1 Å². The van der Waals surface area contributed by atoms with Crippen LogP contribution in [-0.2, 0) is 0 Å². The summed E-state index contributed by atoms with van der Waals surface area (Å²) >= 11 is 0. The van der Waals surface area contributed by atoms with E-state index in [4.69, 9.17) is 0 Å². The molecule has 0 bridgehead atoms. The molecule has 3 heteroatoms. The minimum Gasteiger partial charge on any atom is -0.315 e. The summed E-state index contributed by atoms with van der Waals surface area (Å²) in [5.74, 6) is 0. The first kappa shape index (κ1) is 9.26. The fourth-order valence-electron chi connectivity index (χ4n) is 1.13. The number of nitrogens with zero attached hydrogens (tertiary/aromatic N) is 2. The average molecular weight is 167 g/mol. The first-order valence-corrected chi connectivity index (χ1v) is 4.34. The Morgan fingerprint density at radius 3 is 2.58 bits per heavy atom. The van der Waals surface area contributed by atoms with Crippen LogP contribution in [0.15, 0.2) is 12.3 Å². The van der Waals surface area contributed by atoms with Gasteiger partial charge in [0.1, 0.15) is 0 Å². The van der Waals surface area contributed by atoms with Crippen LogP contribution in [-0.4, -0.2) is 22.9 Å². The zero-order chi connectivity index (χ0) is 9.14. The van der Waals surface area contributed by atoms with Crippen LogP contribution in [0.2, 0.25) is 0 Å². The molecule has 0 aliphatic heterocycles. The molecule has 0 aliphatic carbocycles. The van der Waals surface area contributed by atoms with E-state index >= 15 is 0 Å². The van der Waals surface area contributed by atoms with Crippen LogP contribution in [0.25, 0.3) is 0 Å². The Labute approximate surface area is 73.8 Å². The van der Waals surface area contributed by atoms with Gasteiger partial charge in [-0.1, -0.05) is 0 Å². The Bertz CT molecular complexity index is 242. The summed E-state index contributed by atoms with van der Waals surface area (Å²) in [7, 11) is 1.97. The smallest absolute Gasteiger partial charge is 0.0641 e. The minimum absolute atomic E-state index is 0.406. The molecule has 0 radical (unpaired) electrons. The van der Waals surface area contributed by atoms with Gasteiger partial charge in [-0.2, -0.15) is 5.10 Å². The van der Waals surface area contributed by atoms with Crippen molar-refractivity contribution < 1.29 is 0 Å². The summed E-state index contributed by atoms with van der Waals surface area (Å²) in [6.45, 7) is 6.32. The second-order valence-corrected chi connectivity index (χ2v) is 3.26. The lowest BCUT2D eigenvalue weighted by Crippen LogP contribution is -2.30. The van der Waals surface area contributed by atoms with Gasteiger partial charge in [0, 0.05) is 12.2 Å². The Hall–Kier alpha value is -0.830. The maximum absolute atomic E-state index is 4.36. The van der Waals surface area contributed by atoms with Gasteiger partial charge >= 0.3 is 0 Å². The van der Waals surface area contributed by atoms with Crippen molar-refractivity contribution >= 4 is 0 Å². The summed E-state index contributed by atoms with van der Waals surface area (Å²) in [6, 6.07) is 2.88. The molecular weight excluding hydrogens is 150 g/mol. The third kappa shape index (κ3) is 1.85. The average Bonchev–Trinajstić information content (AvgIpc) is 2.49. The molecule has 1 N–H and O–H groups in total. The van der Waals surface area contributed by atoms with Gasteiger partial charge in [0.2, 0.25) is 0 Å². The molecular formula is C9H17N3. The molecule has 1 heterocycles. The number of hydrogen-bond acceptors (Lipinski definition) is 2. The van der Waals surface area contributed by atoms with E-state index in [1.807, 2.05) is 30.9 Å². The molecule has 1 aromatic rings. The van der Waals surface area contributed by atoms with E-state index in [1.54, 1.807) is 0 Å². The van der Waals surface area contributed by atoms with Crippen molar-refractivity contribution in [2.75, 3.05) is 7.05 Å². The highest BCUT2D eigenvalue weighted by Gasteiger charge is 2.11. The zero-order valence-electron chi connectivity index (χ0n) is 8.20. The fourth-order valence-corrected chi connectivity index (χ4v) is 1.13. The summed E-state index contributed by atoms with van der Waals surface area (Å²) in [6.07, 6.45) is 2.02. The number of likely N-dealkylation sites (N-methyl/N-ethyl adjacent to an activating group) is 1. The van der Waals surface area contributed by atoms with Gasteiger partial charge in [0.15, 0.2) is 0 Å².